The molecule has 1 unspecified atom stereocenters. The van der Waals surface area contributed by atoms with Crippen LogP contribution in [0, 0.1) is 0 Å². The number of halogens is 2. The smallest absolute Gasteiger partial charge is 0.407 e. The number of methoxy groups -OCH3 is 1. The van der Waals surface area contributed by atoms with E-state index in [-0.39, 0.29) is 16.6 Å². The second-order valence-corrected chi connectivity index (χ2v) is 4.42. The van der Waals surface area contributed by atoms with Gasteiger partial charge in [0.05, 0.1) is 13.2 Å². The van der Waals surface area contributed by atoms with Crippen LogP contribution in [0.4, 0.5) is 10.7 Å². The summed E-state index contributed by atoms with van der Waals surface area (Å²) in [5.41, 5.74) is 0. The number of ether oxygens (including phenoxy) is 1. The molecule has 18 heavy (non-hydrogen) atoms. The largest absolute Gasteiger partial charge is 0.453 e. The molecular formula is C9H11Cl2N5O2. The van der Waals surface area contributed by atoms with Crippen LogP contribution in [0.3, 0.4) is 0 Å². The van der Waals surface area contributed by atoms with E-state index in [1.807, 2.05) is 4.90 Å². The first-order chi connectivity index (χ1) is 8.58. The summed E-state index contributed by atoms with van der Waals surface area (Å²) in [6.45, 7) is 1.27. The summed E-state index contributed by atoms with van der Waals surface area (Å²) < 4.78 is 4.54. The number of carbonyl (C=O) groups excluding carboxylic acids is 1. The van der Waals surface area contributed by atoms with Gasteiger partial charge >= 0.3 is 6.09 Å². The Morgan fingerprint density at radius 3 is 2.67 bits per heavy atom. The van der Waals surface area contributed by atoms with E-state index >= 15 is 0 Å². The first-order valence-corrected chi connectivity index (χ1v) is 6.00. The molecule has 1 N–H and O–H groups in total. The highest BCUT2D eigenvalue weighted by Gasteiger charge is 2.26. The fourth-order valence-electron chi connectivity index (χ4n) is 1.74. The predicted octanol–water partition coefficient (Wildman–Crippen LogP) is 1.11. The zero-order chi connectivity index (χ0) is 13.1. The summed E-state index contributed by atoms with van der Waals surface area (Å²) in [5, 5.41) is 2.82. The lowest BCUT2D eigenvalue weighted by Gasteiger charge is -2.16. The monoisotopic (exact) mass is 291 g/mol. The molecule has 1 fully saturated rings. The Morgan fingerprint density at radius 1 is 1.39 bits per heavy atom. The molecule has 7 nitrogen and oxygen atoms in total. The van der Waals surface area contributed by atoms with Crippen LogP contribution in [-0.2, 0) is 4.74 Å². The molecule has 0 aromatic carbocycles. The first kappa shape index (κ1) is 13.1. The number of nitrogens with one attached hydrogen (secondary N) is 1. The average molecular weight is 292 g/mol. The summed E-state index contributed by atoms with van der Waals surface area (Å²) in [6.07, 6.45) is 0.323. The van der Waals surface area contributed by atoms with Gasteiger partial charge in [0.25, 0.3) is 0 Å². The number of rotatable bonds is 2. The summed E-state index contributed by atoms with van der Waals surface area (Å²) in [5.74, 6) is 0.411. The molecule has 0 bridgehead atoms. The van der Waals surface area contributed by atoms with Crippen molar-refractivity contribution in [2.24, 2.45) is 0 Å². The molecule has 1 aromatic rings. The fourth-order valence-corrected chi connectivity index (χ4v) is 2.10. The number of alkyl carbamates (subject to hydrolysis) is 1. The van der Waals surface area contributed by atoms with Gasteiger partial charge in [-0.1, -0.05) is 0 Å². The molecular weight excluding hydrogens is 281 g/mol. The van der Waals surface area contributed by atoms with E-state index in [1.54, 1.807) is 0 Å². The molecule has 1 aliphatic heterocycles. The highest BCUT2D eigenvalue weighted by molar-refractivity contribution is 6.31. The van der Waals surface area contributed by atoms with Gasteiger partial charge in [0.15, 0.2) is 0 Å². The lowest BCUT2D eigenvalue weighted by Crippen LogP contribution is -2.37. The van der Waals surface area contributed by atoms with Crippen molar-refractivity contribution in [3.05, 3.63) is 10.6 Å². The van der Waals surface area contributed by atoms with E-state index in [0.29, 0.717) is 19.0 Å². The van der Waals surface area contributed by atoms with E-state index < -0.39 is 6.09 Å². The Balaban J connectivity index is 2.01. The van der Waals surface area contributed by atoms with Crippen LogP contribution >= 0.6 is 23.2 Å². The van der Waals surface area contributed by atoms with Crippen molar-refractivity contribution in [1.82, 2.24) is 20.3 Å². The van der Waals surface area contributed by atoms with Gasteiger partial charge < -0.3 is 15.0 Å². The van der Waals surface area contributed by atoms with Gasteiger partial charge in [-0.25, -0.2) is 4.79 Å². The molecule has 2 rings (SSSR count). The third-order valence-electron chi connectivity index (χ3n) is 2.55. The van der Waals surface area contributed by atoms with E-state index in [4.69, 9.17) is 23.2 Å². The minimum absolute atomic E-state index is 0.00762. The average Bonchev–Trinajstić information content (AvgIpc) is 2.76. The number of hydrogen-bond acceptors (Lipinski definition) is 6. The Morgan fingerprint density at radius 2 is 2.06 bits per heavy atom. The molecule has 0 radical (unpaired) electrons. The van der Waals surface area contributed by atoms with Gasteiger partial charge in [-0.15, -0.1) is 0 Å². The van der Waals surface area contributed by atoms with Crippen molar-refractivity contribution in [3.63, 3.8) is 0 Å². The second kappa shape index (κ2) is 5.53. The topological polar surface area (TPSA) is 80.2 Å². The Hall–Kier alpha value is -1.34. The molecule has 98 valence electrons. The Labute approximate surface area is 113 Å². The number of hydrogen-bond donors (Lipinski definition) is 1. The van der Waals surface area contributed by atoms with Crippen LogP contribution < -0.4 is 10.2 Å². The molecule has 0 spiro atoms. The van der Waals surface area contributed by atoms with Crippen LogP contribution in [0.25, 0.3) is 0 Å². The molecule has 1 amide bonds. The zero-order valence-electron chi connectivity index (χ0n) is 9.56. The summed E-state index contributed by atoms with van der Waals surface area (Å²) in [6, 6.07) is -0.00762. The van der Waals surface area contributed by atoms with Crippen molar-refractivity contribution < 1.29 is 9.53 Å². The molecule has 2 heterocycles. The molecule has 1 aromatic heterocycles. The maximum absolute atomic E-state index is 11.1. The van der Waals surface area contributed by atoms with E-state index in [9.17, 15) is 4.79 Å². The van der Waals surface area contributed by atoms with Crippen molar-refractivity contribution >= 4 is 35.2 Å². The molecule has 0 aliphatic carbocycles. The number of nitrogens with zero attached hydrogens (tertiary/aromatic N) is 4. The van der Waals surface area contributed by atoms with E-state index in [1.165, 1.54) is 7.11 Å². The Kier molecular flexibility index (Phi) is 4.03. The minimum atomic E-state index is -0.450. The van der Waals surface area contributed by atoms with Gasteiger partial charge in [0.1, 0.15) is 0 Å². The van der Waals surface area contributed by atoms with E-state index in [2.05, 4.69) is 25.0 Å². The highest BCUT2D eigenvalue weighted by atomic mass is 35.5. The molecule has 1 aliphatic rings. The molecule has 1 saturated heterocycles. The van der Waals surface area contributed by atoms with Crippen LogP contribution in [0.2, 0.25) is 10.6 Å². The van der Waals surface area contributed by atoms with Crippen molar-refractivity contribution in [2.45, 2.75) is 12.5 Å². The quantitative estimate of drug-likeness (QED) is 0.879. The number of carbonyl (C=O) groups is 1. The van der Waals surface area contributed by atoms with E-state index in [0.717, 1.165) is 6.42 Å². The van der Waals surface area contributed by atoms with Crippen LogP contribution in [0.1, 0.15) is 6.42 Å². The third kappa shape index (κ3) is 3.11. The minimum Gasteiger partial charge on any atom is -0.453 e. The van der Waals surface area contributed by atoms with Gasteiger partial charge in [0, 0.05) is 13.1 Å². The first-order valence-electron chi connectivity index (χ1n) is 5.25. The van der Waals surface area contributed by atoms with Crippen LogP contribution in [0.5, 0.6) is 0 Å². The summed E-state index contributed by atoms with van der Waals surface area (Å²) >= 11 is 11.4. The Bertz CT molecular complexity index is 438. The number of anilines is 1. The SMILES string of the molecule is COC(=O)NC1CCN(c2nc(Cl)nc(Cl)n2)C1. The van der Waals surface area contributed by atoms with Gasteiger partial charge in [0.2, 0.25) is 16.5 Å². The van der Waals surface area contributed by atoms with Crippen LogP contribution in [0.15, 0.2) is 0 Å². The van der Waals surface area contributed by atoms with Crippen molar-refractivity contribution in [3.8, 4) is 0 Å². The maximum Gasteiger partial charge on any atom is 0.407 e. The van der Waals surface area contributed by atoms with Crippen molar-refractivity contribution in [1.29, 1.82) is 0 Å². The lowest BCUT2D eigenvalue weighted by molar-refractivity contribution is 0.167. The highest BCUT2D eigenvalue weighted by Crippen LogP contribution is 2.19. The van der Waals surface area contributed by atoms with Crippen LogP contribution in [-0.4, -0.2) is 47.3 Å². The van der Waals surface area contributed by atoms with Gasteiger partial charge in [-0.2, -0.15) is 15.0 Å². The fraction of sp³-hybridized carbons (Fsp3) is 0.556. The second-order valence-electron chi connectivity index (χ2n) is 3.74. The lowest BCUT2D eigenvalue weighted by atomic mass is 10.3. The summed E-state index contributed by atoms with van der Waals surface area (Å²) in [7, 11) is 1.33. The molecule has 9 heteroatoms. The standard InChI is InChI=1S/C9H11Cl2N5O2/c1-18-9(17)12-5-2-3-16(4-5)8-14-6(10)13-7(11)15-8/h5H,2-4H2,1H3,(H,12,17). The van der Waals surface area contributed by atoms with Gasteiger partial charge in [-0.05, 0) is 29.6 Å². The van der Waals surface area contributed by atoms with Crippen molar-refractivity contribution in [2.75, 3.05) is 25.1 Å². The summed E-state index contributed by atoms with van der Waals surface area (Å²) in [4.78, 5) is 24.6. The maximum atomic E-state index is 11.1. The molecule has 1 atom stereocenters. The molecule has 0 saturated carbocycles. The number of aromatic nitrogens is 3. The third-order valence-corrected chi connectivity index (χ3v) is 2.89. The number of amides is 1. The normalized spacial score (nSPS) is 18.8. The predicted molar refractivity (Wildman–Crippen MR) is 66.0 cm³/mol. The zero-order valence-corrected chi connectivity index (χ0v) is 11.1. The van der Waals surface area contributed by atoms with Gasteiger partial charge in [-0.3, -0.25) is 0 Å².